The molecule has 2 aromatic heterocycles. The van der Waals surface area contributed by atoms with Gasteiger partial charge in [0.2, 0.25) is 0 Å². The van der Waals surface area contributed by atoms with Gasteiger partial charge in [-0.15, -0.1) is 11.3 Å². The molecule has 0 radical (unpaired) electrons. The van der Waals surface area contributed by atoms with Crippen LogP contribution in [0, 0.1) is 6.92 Å². The molecule has 4 rings (SSSR count). The first-order valence-corrected chi connectivity index (χ1v) is 10.3. The summed E-state index contributed by atoms with van der Waals surface area (Å²) in [6.45, 7) is 2.90. The summed E-state index contributed by atoms with van der Waals surface area (Å²) in [6, 6.07) is 16.4. The summed E-state index contributed by atoms with van der Waals surface area (Å²) in [7, 11) is 3.30. The maximum absolute atomic E-state index is 5.40. The van der Waals surface area contributed by atoms with Gasteiger partial charge in [-0.25, -0.2) is 9.97 Å². The van der Waals surface area contributed by atoms with Crippen molar-refractivity contribution in [3.63, 3.8) is 0 Å². The zero-order chi connectivity index (χ0) is 20.2. The molecular weight excluding hydrogens is 382 g/mol. The van der Waals surface area contributed by atoms with Gasteiger partial charge in [0.15, 0.2) is 11.5 Å². The molecule has 1 N–H and O–H groups in total. The summed E-state index contributed by atoms with van der Waals surface area (Å²) in [4.78, 5) is 11.3. The summed E-state index contributed by atoms with van der Waals surface area (Å²) in [5.41, 5.74) is 3.57. The van der Waals surface area contributed by atoms with Crippen LogP contribution < -0.4 is 14.8 Å². The first kappa shape index (κ1) is 19.2. The number of fused-ring (bicyclic) bond motifs is 1. The fraction of sp³-hybridized carbons (Fsp3) is 0.217. The molecule has 5 nitrogen and oxygen atoms in total. The van der Waals surface area contributed by atoms with E-state index in [9.17, 15) is 0 Å². The van der Waals surface area contributed by atoms with E-state index in [1.165, 1.54) is 21.6 Å². The summed E-state index contributed by atoms with van der Waals surface area (Å²) in [6.07, 6.45) is 2.47. The summed E-state index contributed by atoms with van der Waals surface area (Å²) < 4.78 is 10.7. The van der Waals surface area contributed by atoms with E-state index in [0.29, 0.717) is 0 Å². The van der Waals surface area contributed by atoms with Crippen LogP contribution in [0.5, 0.6) is 11.5 Å². The molecule has 4 aromatic rings. The number of nitrogens with zero attached hydrogens (tertiary/aromatic N) is 2. The van der Waals surface area contributed by atoms with Crippen LogP contribution in [-0.2, 0) is 6.42 Å². The van der Waals surface area contributed by atoms with Crippen molar-refractivity contribution in [1.82, 2.24) is 9.97 Å². The molecule has 0 fully saturated rings. The molecule has 0 saturated carbocycles. The second kappa shape index (κ2) is 8.49. The van der Waals surface area contributed by atoms with Gasteiger partial charge in [-0.1, -0.05) is 36.4 Å². The molecule has 0 aliphatic carbocycles. The molecule has 0 amide bonds. The number of ether oxygens (including phenoxy) is 2. The fourth-order valence-electron chi connectivity index (χ4n) is 3.49. The Morgan fingerprint density at radius 2 is 1.76 bits per heavy atom. The lowest BCUT2D eigenvalue weighted by Crippen LogP contribution is -2.07. The van der Waals surface area contributed by atoms with E-state index in [1.54, 1.807) is 31.9 Å². The molecule has 0 atom stereocenters. The maximum Gasteiger partial charge on any atom is 0.160 e. The standard InChI is InChI=1S/C23H23N3O2S/c1-15-20(17-7-5-4-6-8-17)21-22(25-14-26-23(21)29-15)24-12-11-16-9-10-18(27-2)19(13-16)28-3/h4-10,13-14H,11-12H2,1-3H3,(H,24,25,26). The Balaban J connectivity index is 1.59. The van der Waals surface area contributed by atoms with Crippen LogP contribution in [0.25, 0.3) is 21.3 Å². The number of hydrogen-bond donors (Lipinski definition) is 1. The smallest absolute Gasteiger partial charge is 0.160 e. The average molecular weight is 406 g/mol. The van der Waals surface area contributed by atoms with Crippen LogP contribution in [0.2, 0.25) is 0 Å². The minimum Gasteiger partial charge on any atom is -0.493 e. The summed E-state index contributed by atoms with van der Waals surface area (Å²) >= 11 is 1.71. The number of rotatable bonds is 7. The van der Waals surface area contributed by atoms with Crippen LogP contribution in [0.4, 0.5) is 5.82 Å². The maximum atomic E-state index is 5.40. The van der Waals surface area contributed by atoms with E-state index in [1.807, 2.05) is 18.2 Å². The minimum atomic E-state index is 0.739. The minimum absolute atomic E-state index is 0.739. The van der Waals surface area contributed by atoms with Gasteiger partial charge in [-0.05, 0) is 36.6 Å². The van der Waals surface area contributed by atoms with Gasteiger partial charge in [0.1, 0.15) is 17.0 Å². The van der Waals surface area contributed by atoms with E-state index < -0.39 is 0 Å². The molecule has 2 aromatic carbocycles. The third-order valence-electron chi connectivity index (χ3n) is 4.88. The monoisotopic (exact) mass is 405 g/mol. The highest BCUT2D eigenvalue weighted by atomic mass is 32.1. The quantitative estimate of drug-likeness (QED) is 0.450. The molecule has 29 heavy (non-hydrogen) atoms. The van der Waals surface area contributed by atoms with Crippen molar-refractivity contribution < 1.29 is 9.47 Å². The summed E-state index contributed by atoms with van der Waals surface area (Å²) in [5.74, 6) is 2.36. The van der Waals surface area contributed by atoms with Gasteiger partial charge in [0.05, 0.1) is 19.6 Å². The van der Waals surface area contributed by atoms with Gasteiger partial charge in [0.25, 0.3) is 0 Å². The largest absolute Gasteiger partial charge is 0.493 e. The number of aryl methyl sites for hydroxylation is 1. The number of benzene rings is 2. The van der Waals surface area contributed by atoms with E-state index in [2.05, 4.69) is 52.5 Å². The van der Waals surface area contributed by atoms with Crippen molar-refractivity contribution in [3.8, 4) is 22.6 Å². The third-order valence-corrected chi connectivity index (χ3v) is 5.89. The van der Waals surface area contributed by atoms with Gasteiger partial charge in [0, 0.05) is 17.0 Å². The van der Waals surface area contributed by atoms with Crippen LogP contribution in [-0.4, -0.2) is 30.7 Å². The van der Waals surface area contributed by atoms with Crippen molar-refractivity contribution in [2.24, 2.45) is 0 Å². The van der Waals surface area contributed by atoms with E-state index in [-0.39, 0.29) is 0 Å². The molecule has 0 aliphatic rings. The average Bonchev–Trinajstić information content (AvgIpc) is 3.10. The van der Waals surface area contributed by atoms with E-state index in [0.717, 1.165) is 40.5 Å². The molecule has 6 heteroatoms. The highest BCUT2D eigenvalue weighted by molar-refractivity contribution is 7.19. The van der Waals surface area contributed by atoms with Crippen molar-refractivity contribution >= 4 is 27.4 Å². The zero-order valence-electron chi connectivity index (χ0n) is 16.7. The molecule has 2 heterocycles. The molecule has 0 saturated heterocycles. The predicted molar refractivity (Wildman–Crippen MR) is 119 cm³/mol. The Hall–Kier alpha value is -3.12. The number of anilines is 1. The fourth-order valence-corrected chi connectivity index (χ4v) is 4.50. The molecule has 0 unspecified atom stereocenters. The van der Waals surface area contributed by atoms with Gasteiger partial charge in [-0.3, -0.25) is 0 Å². The van der Waals surface area contributed by atoms with Crippen LogP contribution in [0.15, 0.2) is 54.9 Å². The SMILES string of the molecule is COc1ccc(CCNc2ncnc3sc(C)c(-c4ccccc4)c23)cc1OC. The second-order valence-corrected chi connectivity index (χ2v) is 7.87. The Labute approximate surface area is 174 Å². The Bertz CT molecular complexity index is 1130. The molecular formula is C23H23N3O2S. The first-order valence-electron chi connectivity index (χ1n) is 9.45. The van der Waals surface area contributed by atoms with Crippen LogP contribution in [0.3, 0.4) is 0 Å². The Kier molecular flexibility index (Phi) is 5.62. The van der Waals surface area contributed by atoms with Crippen molar-refractivity contribution in [3.05, 3.63) is 65.3 Å². The molecule has 148 valence electrons. The number of hydrogen-bond acceptors (Lipinski definition) is 6. The number of aromatic nitrogens is 2. The van der Waals surface area contributed by atoms with Crippen LogP contribution >= 0.6 is 11.3 Å². The number of nitrogens with one attached hydrogen (secondary N) is 1. The molecule has 0 bridgehead atoms. The predicted octanol–water partition coefficient (Wildman–Crippen LogP) is 5.34. The van der Waals surface area contributed by atoms with Gasteiger partial charge >= 0.3 is 0 Å². The van der Waals surface area contributed by atoms with E-state index in [4.69, 9.17) is 9.47 Å². The van der Waals surface area contributed by atoms with E-state index >= 15 is 0 Å². The zero-order valence-corrected chi connectivity index (χ0v) is 17.5. The highest BCUT2D eigenvalue weighted by Crippen LogP contribution is 2.40. The van der Waals surface area contributed by atoms with Gasteiger partial charge in [-0.2, -0.15) is 0 Å². The lowest BCUT2D eigenvalue weighted by molar-refractivity contribution is 0.354. The third kappa shape index (κ3) is 3.89. The van der Waals surface area contributed by atoms with Crippen molar-refractivity contribution in [2.75, 3.05) is 26.1 Å². The van der Waals surface area contributed by atoms with Crippen molar-refractivity contribution in [1.29, 1.82) is 0 Å². The van der Waals surface area contributed by atoms with Crippen LogP contribution in [0.1, 0.15) is 10.4 Å². The normalized spacial score (nSPS) is 10.9. The van der Waals surface area contributed by atoms with Crippen molar-refractivity contribution in [2.45, 2.75) is 13.3 Å². The number of thiophene rings is 1. The Morgan fingerprint density at radius 1 is 0.966 bits per heavy atom. The molecule has 0 spiro atoms. The Morgan fingerprint density at radius 3 is 2.52 bits per heavy atom. The topological polar surface area (TPSA) is 56.3 Å². The second-order valence-electron chi connectivity index (χ2n) is 6.67. The first-order chi connectivity index (χ1) is 14.2. The highest BCUT2D eigenvalue weighted by Gasteiger charge is 2.16. The lowest BCUT2D eigenvalue weighted by Gasteiger charge is -2.11. The molecule has 0 aliphatic heterocycles. The number of methoxy groups -OCH3 is 2. The van der Waals surface area contributed by atoms with Gasteiger partial charge < -0.3 is 14.8 Å². The lowest BCUT2D eigenvalue weighted by atomic mass is 10.0. The summed E-state index contributed by atoms with van der Waals surface area (Å²) in [5, 5.41) is 4.60.